The van der Waals surface area contributed by atoms with E-state index in [0.717, 1.165) is 42.7 Å². The van der Waals surface area contributed by atoms with Gasteiger partial charge in [0, 0.05) is 50.0 Å². The van der Waals surface area contributed by atoms with Crippen LogP contribution in [0.15, 0.2) is 71.9 Å². The predicted molar refractivity (Wildman–Crippen MR) is 133 cm³/mol. The summed E-state index contributed by atoms with van der Waals surface area (Å²) in [6.45, 7) is 1.71. The number of rotatable bonds is 8. The highest BCUT2D eigenvalue weighted by Crippen LogP contribution is 2.22. The zero-order valence-electron chi connectivity index (χ0n) is 16.1. The van der Waals surface area contributed by atoms with Crippen molar-refractivity contribution < 1.29 is 0 Å². The van der Waals surface area contributed by atoms with Crippen LogP contribution >= 0.6 is 35.7 Å². The standard InChI is InChI=1S/C22H26N4S.HI/c1-23-22(25-14-12-20-10-4-5-13-24-20)26-15-16-27-17-19-9-6-8-18-7-2-3-11-21(18)19;/h2-11,13H,12,14-17H2,1H3,(H2,23,25,26);1H. The average Bonchev–Trinajstić information content (AvgIpc) is 2.73. The third kappa shape index (κ3) is 6.98. The van der Waals surface area contributed by atoms with E-state index in [4.69, 9.17) is 0 Å². The Morgan fingerprint density at radius 1 is 0.964 bits per heavy atom. The van der Waals surface area contributed by atoms with Crippen molar-refractivity contribution in [2.24, 2.45) is 4.99 Å². The number of aliphatic imine (C=N–C) groups is 1. The summed E-state index contributed by atoms with van der Waals surface area (Å²) in [5.41, 5.74) is 2.49. The van der Waals surface area contributed by atoms with E-state index >= 15 is 0 Å². The maximum atomic E-state index is 4.33. The van der Waals surface area contributed by atoms with Gasteiger partial charge in [0.1, 0.15) is 0 Å². The minimum Gasteiger partial charge on any atom is -0.356 e. The quantitative estimate of drug-likeness (QED) is 0.205. The number of halogens is 1. The molecule has 3 aromatic rings. The van der Waals surface area contributed by atoms with Crippen molar-refractivity contribution >= 4 is 52.5 Å². The molecule has 0 spiro atoms. The molecule has 0 radical (unpaired) electrons. The molecule has 28 heavy (non-hydrogen) atoms. The summed E-state index contributed by atoms with van der Waals surface area (Å²) in [6, 6.07) is 21.1. The van der Waals surface area contributed by atoms with Gasteiger partial charge in [-0.05, 0) is 28.5 Å². The van der Waals surface area contributed by atoms with Crippen molar-refractivity contribution in [3.05, 3.63) is 78.1 Å². The number of benzene rings is 2. The topological polar surface area (TPSA) is 49.3 Å². The number of guanidine groups is 1. The number of thioether (sulfide) groups is 1. The van der Waals surface area contributed by atoms with Gasteiger partial charge >= 0.3 is 0 Å². The fourth-order valence-corrected chi connectivity index (χ4v) is 3.78. The van der Waals surface area contributed by atoms with E-state index in [0.29, 0.717) is 0 Å². The maximum absolute atomic E-state index is 4.33. The minimum absolute atomic E-state index is 0. The highest BCUT2D eigenvalue weighted by Gasteiger charge is 2.01. The molecule has 0 saturated carbocycles. The van der Waals surface area contributed by atoms with E-state index in [1.807, 2.05) is 36.2 Å². The fraction of sp³-hybridized carbons (Fsp3) is 0.273. The Hall–Kier alpha value is -1.80. The summed E-state index contributed by atoms with van der Waals surface area (Å²) in [7, 11) is 1.80. The van der Waals surface area contributed by atoms with Crippen LogP contribution in [0.2, 0.25) is 0 Å². The molecule has 2 aromatic carbocycles. The summed E-state index contributed by atoms with van der Waals surface area (Å²) in [6.07, 6.45) is 2.72. The van der Waals surface area contributed by atoms with E-state index < -0.39 is 0 Å². The SMILES string of the molecule is CN=C(NCCSCc1cccc2ccccc12)NCCc1ccccn1.I. The normalized spacial score (nSPS) is 11.1. The third-order valence-electron chi connectivity index (χ3n) is 4.30. The summed E-state index contributed by atoms with van der Waals surface area (Å²) in [5, 5.41) is 9.38. The zero-order valence-corrected chi connectivity index (χ0v) is 19.2. The van der Waals surface area contributed by atoms with Crippen LogP contribution in [-0.2, 0) is 12.2 Å². The first-order valence-electron chi connectivity index (χ1n) is 9.25. The van der Waals surface area contributed by atoms with E-state index in [1.54, 1.807) is 7.05 Å². The largest absolute Gasteiger partial charge is 0.356 e. The van der Waals surface area contributed by atoms with Gasteiger partial charge in [-0.1, -0.05) is 48.5 Å². The number of fused-ring (bicyclic) bond motifs is 1. The van der Waals surface area contributed by atoms with Gasteiger partial charge in [0.25, 0.3) is 0 Å². The summed E-state index contributed by atoms with van der Waals surface area (Å²) in [4.78, 5) is 8.62. The van der Waals surface area contributed by atoms with Gasteiger partial charge < -0.3 is 10.6 Å². The van der Waals surface area contributed by atoms with Crippen molar-refractivity contribution in [1.29, 1.82) is 0 Å². The van der Waals surface area contributed by atoms with Gasteiger partial charge in [-0.2, -0.15) is 11.8 Å². The Labute approximate surface area is 188 Å². The van der Waals surface area contributed by atoms with Crippen LogP contribution < -0.4 is 10.6 Å². The van der Waals surface area contributed by atoms with Crippen LogP contribution in [0.1, 0.15) is 11.3 Å². The van der Waals surface area contributed by atoms with E-state index in [-0.39, 0.29) is 24.0 Å². The first-order chi connectivity index (χ1) is 13.4. The zero-order chi connectivity index (χ0) is 18.7. The lowest BCUT2D eigenvalue weighted by atomic mass is 10.1. The van der Waals surface area contributed by atoms with Crippen LogP contribution in [0.25, 0.3) is 10.8 Å². The average molecular weight is 506 g/mol. The number of aromatic nitrogens is 1. The number of nitrogens with zero attached hydrogens (tertiary/aromatic N) is 2. The molecule has 0 aliphatic rings. The van der Waals surface area contributed by atoms with Crippen LogP contribution in [0, 0.1) is 0 Å². The number of nitrogens with one attached hydrogen (secondary N) is 2. The Morgan fingerprint density at radius 2 is 1.75 bits per heavy atom. The highest BCUT2D eigenvalue weighted by molar-refractivity contribution is 14.0. The van der Waals surface area contributed by atoms with Gasteiger partial charge in [0.2, 0.25) is 0 Å². The molecule has 0 aliphatic carbocycles. The van der Waals surface area contributed by atoms with Crippen molar-refractivity contribution in [3.8, 4) is 0 Å². The van der Waals surface area contributed by atoms with Gasteiger partial charge in [0.05, 0.1) is 0 Å². The molecular weight excluding hydrogens is 479 g/mol. The van der Waals surface area contributed by atoms with Crippen molar-refractivity contribution in [2.45, 2.75) is 12.2 Å². The first-order valence-corrected chi connectivity index (χ1v) is 10.4. The molecule has 148 valence electrons. The molecule has 1 heterocycles. The number of pyridine rings is 1. The van der Waals surface area contributed by atoms with Crippen LogP contribution in [-0.4, -0.2) is 36.8 Å². The lowest BCUT2D eigenvalue weighted by molar-refractivity contribution is 0.798. The second kappa shape index (κ2) is 12.6. The maximum Gasteiger partial charge on any atom is 0.191 e. The van der Waals surface area contributed by atoms with Gasteiger partial charge in [-0.3, -0.25) is 9.98 Å². The van der Waals surface area contributed by atoms with Gasteiger partial charge in [0.15, 0.2) is 5.96 Å². The number of hydrogen-bond acceptors (Lipinski definition) is 3. The Morgan fingerprint density at radius 3 is 2.57 bits per heavy atom. The van der Waals surface area contributed by atoms with Crippen LogP contribution in [0.5, 0.6) is 0 Å². The Balaban J connectivity index is 0.00000280. The molecule has 0 amide bonds. The molecule has 3 rings (SSSR count). The van der Waals surface area contributed by atoms with Crippen LogP contribution in [0.3, 0.4) is 0 Å². The van der Waals surface area contributed by atoms with Crippen LogP contribution in [0.4, 0.5) is 0 Å². The van der Waals surface area contributed by atoms with E-state index in [1.165, 1.54) is 16.3 Å². The minimum atomic E-state index is 0. The van der Waals surface area contributed by atoms with Crippen molar-refractivity contribution in [3.63, 3.8) is 0 Å². The van der Waals surface area contributed by atoms with Gasteiger partial charge in [-0.15, -0.1) is 24.0 Å². The molecule has 6 heteroatoms. The number of hydrogen-bond donors (Lipinski definition) is 2. The van der Waals surface area contributed by atoms with Crippen molar-refractivity contribution in [1.82, 2.24) is 15.6 Å². The highest BCUT2D eigenvalue weighted by atomic mass is 127. The Bertz CT molecular complexity index is 865. The molecule has 0 atom stereocenters. The van der Waals surface area contributed by atoms with E-state index in [2.05, 4.69) is 63.1 Å². The smallest absolute Gasteiger partial charge is 0.191 e. The predicted octanol–water partition coefficient (Wildman–Crippen LogP) is 4.49. The summed E-state index contributed by atoms with van der Waals surface area (Å²) in [5.74, 6) is 2.90. The summed E-state index contributed by atoms with van der Waals surface area (Å²) >= 11 is 1.94. The fourth-order valence-electron chi connectivity index (χ4n) is 2.92. The second-order valence-corrected chi connectivity index (χ2v) is 7.29. The Kier molecular flexibility index (Phi) is 10.1. The molecule has 0 unspecified atom stereocenters. The molecule has 0 aliphatic heterocycles. The van der Waals surface area contributed by atoms with E-state index in [9.17, 15) is 0 Å². The monoisotopic (exact) mass is 506 g/mol. The lowest BCUT2D eigenvalue weighted by Crippen LogP contribution is -2.39. The molecule has 0 saturated heterocycles. The third-order valence-corrected chi connectivity index (χ3v) is 5.31. The molecule has 4 nitrogen and oxygen atoms in total. The molecule has 0 bridgehead atoms. The molecule has 1 aromatic heterocycles. The van der Waals surface area contributed by atoms with Crippen molar-refractivity contribution in [2.75, 3.05) is 25.9 Å². The van der Waals surface area contributed by atoms with Gasteiger partial charge in [-0.25, -0.2) is 0 Å². The first kappa shape index (κ1) is 22.5. The second-order valence-electron chi connectivity index (χ2n) is 6.19. The molecule has 2 N–H and O–H groups in total. The lowest BCUT2D eigenvalue weighted by Gasteiger charge is -2.12. The molecule has 0 fully saturated rings. The summed E-state index contributed by atoms with van der Waals surface area (Å²) < 4.78 is 0. The molecular formula is C22H27IN4S.